The Morgan fingerprint density at radius 3 is 2.81 bits per heavy atom. The minimum absolute atomic E-state index is 0.0465. The summed E-state index contributed by atoms with van der Waals surface area (Å²) in [4.78, 5) is 26.9. The van der Waals surface area contributed by atoms with E-state index in [1.807, 2.05) is 12.1 Å². The molecule has 0 radical (unpaired) electrons. The molecule has 0 aliphatic carbocycles. The van der Waals surface area contributed by atoms with Crippen LogP contribution in [-0.4, -0.2) is 33.3 Å². The van der Waals surface area contributed by atoms with Crippen molar-refractivity contribution in [2.75, 3.05) is 16.0 Å². The molecule has 9 heteroatoms. The molecule has 0 bridgehead atoms. The molecule has 0 saturated heterocycles. The monoisotopic (exact) mass is 384 g/mol. The molecule has 4 rings (SSSR count). The van der Waals surface area contributed by atoms with Crippen LogP contribution in [0, 0.1) is 0 Å². The van der Waals surface area contributed by atoms with Crippen molar-refractivity contribution in [1.29, 1.82) is 0 Å². The molecule has 2 amide bonds. The number of nitrogens with zero attached hydrogens (tertiary/aromatic N) is 3. The van der Waals surface area contributed by atoms with Crippen LogP contribution in [-0.2, 0) is 9.59 Å². The van der Waals surface area contributed by atoms with Crippen LogP contribution in [0.25, 0.3) is 11.7 Å². The van der Waals surface area contributed by atoms with Gasteiger partial charge in [0, 0.05) is 0 Å². The summed E-state index contributed by atoms with van der Waals surface area (Å²) in [6.45, 7) is 3.42. The lowest BCUT2D eigenvalue weighted by Crippen LogP contribution is -2.58. The van der Waals surface area contributed by atoms with E-state index in [1.165, 1.54) is 11.2 Å². The Bertz CT molecular complexity index is 996. The van der Waals surface area contributed by atoms with Gasteiger partial charge in [0.05, 0.1) is 23.4 Å². The average molecular weight is 384 g/mol. The topological polar surface area (TPSA) is 101 Å². The van der Waals surface area contributed by atoms with Gasteiger partial charge >= 0.3 is 0 Å². The highest BCUT2D eigenvalue weighted by Gasteiger charge is 2.43. The Morgan fingerprint density at radius 2 is 2.04 bits per heavy atom. The number of hydrogen-bond donors (Lipinski definition) is 1. The number of aromatic nitrogens is 2. The second kappa shape index (κ2) is 6.58. The van der Waals surface area contributed by atoms with Crippen LogP contribution in [0.5, 0.6) is 0 Å². The third kappa shape index (κ3) is 3.10. The molecule has 1 aliphatic heterocycles. The Morgan fingerprint density at radius 1 is 1.22 bits per heavy atom. The molecule has 0 saturated carbocycles. The number of anilines is 2. The maximum Gasteiger partial charge on any atom is 0.284 e. The highest BCUT2D eigenvalue weighted by Crippen LogP contribution is 2.37. The van der Waals surface area contributed by atoms with Gasteiger partial charge in [-0.15, -0.1) is 10.2 Å². The highest BCUT2D eigenvalue weighted by atomic mass is 32.2. The standard InChI is InChI=1S/C18H16N4O4S/c1-18(2)16(24)19-11-6-3-4-7-12(11)22(18)14(23)10-27-17-21-20-15(26-17)13-8-5-9-25-13/h3-9H,10H2,1-2H3,(H,19,24). The van der Waals surface area contributed by atoms with Gasteiger partial charge in [-0.05, 0) is 38.1 Å². The zero-order valence-corrected chi connectivity index (χ0v) is 15.4. The first-order chi connectivity index (χ1) is 13.0. The predicted molar refractivity (Wildman–Crippen MR) is 99.4 cm³/mol. The zero-order valence-electron chi connectivity index (χ0n) is 14.6. The summed E-state index contributed by atoms with van der Waals surface area (Å²) < 4.78 is 10.7. The summed E-state index contributed by atoms with van der Waals surface area (Å²) in [7, 11) is 0. The number of benzene rings is 1. The van der Waals surface area contributed by atoms with Crippen LogP contribution in [0.15, 0.2) is 56.7 Å². The first-order valence-electron chi connectivity index (χ1n) is 8.20. The molecule has 0 unspecified atom stereocenters. The molecular formula is C18H16N4O4S. The van der Waals surface area contributed by atoms with E-state index in [0.29, 0.717) is 17.1 Å². The van der Waals surface area contributed by atoms with Gasteiger partial charge in [-0.2, -0.15) is 0 Å². The van der Waals surface area contributed by atoms with Gasteiger partial charge in [0.1, 0.15) is 5.54 Å². The third-order valence-corrected chi connectivity index (χ3v) is 5.02. The van der Waals surface area contributed by atoms with Crippen LogP contribution < -0.4 is 10.2 Å². The SMILES string of the molecule is CC1(C)C(=O)Nc2ccccc2N1C(=O)CSc1nnc(-c2ccco2)o1. The Kier molecular flexibility index (Phi) is 4.23. The number of carbonyl (C=O) groups is 2. The van der Waals surface area contributed by atoms with Crippen LogP contribution in [0.3, 0.4) is 0 Å². The van der Waals surface area contributed by atoms with Gasteiger partial charge in [-0.3, -0.25) is 14.5 Å². The average Bonchev–Trinajstić information content (AvgIpc) is 3.32. The molecule has 1 N–H and O–H groups in total. The largest absolute Gasteiger partial charge is 0.459 e. The molecule has 1 aromatic carbocycles. The molecule has 0 spiro atoms. The first kappa shape index (κ1) is 17.3. The van der Waals surface area contributed by atoms with E-state index >= 15 is 0 Å². The fourth-order valence-electron chi connectivity index (χ4n) is 2.85. The lowest BCUT2D eigenvalue weighted by molar-refractivity contribution is -0.125. The molecular weight excluding hydrogens is 368 g/mol. The maximum absolute atomic E-state index is 12.9. The minimum atomic E-state index is -1.01. The number of rotatable bonds is 4. The van der Waals surface area contributed by atoms with Crippen molar-refractivity contribution >= 4 is 35.0 Å². The number of furan rings is 1. The molecule has 3 aromatic rings. The first-order valence-corrected chi connectivity index (χ1v) is 9.19. The molecule has 27 heavy (non-hydrogen) atoms. The highest BCUT2D eigenvalue weighted by molar-refractivity contribution is 7.99. The molecule has 1 aliphatic rings. The van der Waals surface area contributed by atoms with Gasteiger partial charge in [-0.25, -0.2) is 0 Å². The van der Waals surface area contributed by atoms with E-state index < -0.39 is 5.54 Å². The van der Waals surface area contributed by atoms with E-state index in [2.05, 4.69) is 15.5 Å². The number of thioether (sulfide) groups is 1. The summed E-state index contributed by atoms with van der Waals surface area (Å²) in [6.07, 6.45) is 1.51. The van der Waals surface area contributed by atoms with Crippen molar-refractivity contribution in [1.82, 2.24) is 10.2 Å². The van der Waals surface area contributed by atoms with Gasteiger partial charge in [-0.1, -0.05) is 23.9 Å². The number of fused-ring (bicyclic) bond motifs is 1. The lowest BCUT2D eigenvalue weighted by atomic mass is 9.96. The van der Waals surface area contributed by atoms with Gasteiger partial charge in [0.15, 0.2) is 5.76 Å². The molecule has 0 atom stereocenters. The predicted octanol–water partition coefficient (Wildman–Crippen LogP) is 3.19. The van der Waals surface area contributed by atoms with Crippen LogP contribution >= 0.6 is 11.8 Å². The lowest BCUT2D eigenvalue weighted by Gasteiger charge is -2.42. The maximum atomic E-state index is 12.9. The minimum Gasteiger partial charge on any atom is -0.459 e. The van der Waals surface area contributed by atoms with Crippen molar-refractivity contribution in [3.63, 3.8) is 0 Å². The normalized spacial score (nSPS) is 15.3. The summed E-state index contributed by atoms with van der Waals surface area (Å²) in [6, 6.07) is 10.6. The van der Waals surface area contributed by atoms with Crippen LogP contribution in [0.2, 0.25) is 0 Å². The molecule has 138 valence electrons. The summed E-state index contributed by atoms with van der Waals surface area (Å²) in [5, 5.41) is 10.9. The number of amides is 2. The fourth-order valence-corrected chi connectivity index (χ4v) is 3.47. The Labute approximate surface area is 158 Å². The van der Waals surface area contributed by atoms with Crippen LogP contribution in [0.1, 0.15) is 13.8 Å². The zero-order chi connectivity index (χ0) is 19.0. The van der Waals surface area contributed by atoms with E-state index in [0.717, 1.165) is 11.8 Å². The number of nitrogens with one attached hydrogen (secondary N) is 1. The summed E-state index contributed by atoms with van der Waals surface area (Å²) >= 11 is 1.11. The van der Waals surface area contributed by atoms with Crippen molar-refractivity contribution < 1.29 is 18.4 Å². The van der Waals surface area contributed by atoms with Crippen molar-refractivity contribution in [3.8, 4) is 11.7 Å². The molecule has 2 aromatic heterocycles. The van der Waals surface area contributed by atoms with Gasteiger partial charge in [0.2, 0.25) is 11.8 Å². The smallest absolute Gasteiger partial charge is 0.284 e. The molecule has 0 fully saturated rings. The van der Waals surface area contributed by atoms with Crippen molar-refractivity contribution in [2.24, 2.45) is 0 Å². The fraction of sp³-hybridized carbons (Fsp3) is 0.222. The van der Waals surface area contributed by atoms with Crippen molar-refractivity contribution in [2.45, 2.75) is 24.6 Å². The van der Waals surface area contributed by atoms with E-state index in [1.54, 1.807) is 38.1 Å². The Balaban J connectivity index is 1.53. The van der Waals surface area contributed by atoms with Crippen molar-refractivity contribution in [3.05, 3.63) is 42.7 Å². The van der Waals surface area contributed by atoms with E-state index in [9.17, 15) is 9.59 Å². The number of carbonyl (C=O) groups excluding carboxylic acids is 2. The number of para-hydroxylation sites is 2. The summed E-state index contributed by atoms with van der Waals surface area (Å²) in [5.74, 6) is 0.286. The quantitative estimate of drug-likeness (QED) is 0.689. The summed E-state index contributed by atoms with van der Waals surface area (Å²) in [5.41, 5.74) is 0.257. The molecule has 3 heterocycles. The third-order valence-electron chi connectivity index (χ3n) is 4.21. The second-order valence-electron chi connectivity index (χ2n) is 6.40. The van der Waals surface area contributed by atoms with E-state index in [4.69, 9.17) is 8.83 Å². The second-order valence-corrected chi connectivity index (χ2v) is 7.33. The van der Waals surface area contributed by atoms with Crippen LogP contribution in [0.4, 0.5) is 11.4 Å². The number of hydrogen-bond acceptors (Lipinski definition) is 7. The Hall–Kier alpha value is -3.07. The van der Waals surface area contributed by atoms with Gasteiger partial charge < -0.3 is 14.2 Å². The van der Waals surface area contributed by atoms with Gasteiger partial charge in [0.25, 0.3) is 11.1 Å². The van der Waals surface area contributed by atoms with E-state index in [-0.39, 0.29) is 28.7 Å². The molecule has 8 nitrogen and oxygen atoms in total.